The summed E-state index contributed by atoms with van der Waals surface area (Å²) in [6.07, 6.45) is 5.55. The number of ether oxygens (including phenoxy) is 1. The highest BCUT2D eigenvalue weighted by Crippen LogP contribution is 2.41. The Balaban J connectivity index is 2.03. The van der Waals surface area contributed by atoms with Crippen LogP contribution in [0.3, 0.4) is 0 Å². The molecule has 2 fully saturated rings. The zero-order chi connectivity index (χ0) is 9.31. The van der Waals surface area contributed by atoms with E-state index in [-0.39, 0.29) is 24.4 Å². The molecule has 76 valence electrons. The van der Waals surface area contributed by atoms with Gasteiger partial charge in [-0.25, -0.2) is 0 Å². The van der Waals surface area contributed by atoms with E-state index >= 15 is 0 Å². The van der Waals surface area contributed by atoms with E-state index in [0.717, 1.165) is 38.5 Å². The summed E-state index contributed by atoms with van der Waals surface area (Å²) in [7, 11) is 0. The van der Waals surface area contributed by atoms with Crippen LogP contribution in [0, 0.1) is 0 Å². The maximum Gasteiger partial charge on any atom is 0.0946 e. The first-order chi connectivity index (χ1) is 6.27. The molecule has 0 radical (unpaired) electrons. The van der Waals surface area contributed by atoms with Crippen LogP contribution in [0.25, 0.3) is 0 Å². The van der Waals surface area contributed by atoms with Crippen LogP contribution >= 0.6 is 0 Å². The summed E-state index contributed by atoms with van der Waals surface area (Å²) in [6, 6.07) is 0. The largest absolute Gasteiger partial charge is 0.394 e. The standard InChI is InChI=1S/C10H18O3/c11-7-8-4-6-10(13-8)5-2-1-3-9(10)12/h8-9,11-12H,1-7H2. The third-order valence-corrected chi connectivity index (χ3v) is 3.43. The van der Waals surface area contributed by atoms with Gasteiger partial charge in [0.05, 0.1) is 24.4 Å². The summed E-state index contributed by atoms with van der Waals surface area (Å²) in [5, 5.41) is 18.8. The van der Waals surface area contributed by atoms with Crippen LogP contribution in [0.5, 0.6) is 0 Å². The van der Waals surface area contributed by atoms with Gasteiger partial charge >= 0.3 is 0 Å². The normalized spacial score (nSPS) is 45.7. The van der Waals surface area contributed by atoms with E-state index in [4.69, 9.17) is 9.84 Å². The summed E-state index contributed by atoms with van der Waals surface area (Å²) in [5.74, 6) is 0. The van der Waals surface area contributed by atoms with Gasteiger partial charge in [0.1, 0.15) is 0 Å². The van der Waals surface area contributed by atoms with Gasteiger partial charge in [-0.05, 0) is 25.7 Å². The summed E-state index contributed by atoms with van der Waals surface area (Å²) in [6.45, 7) is 0.0917. The van der Waals surface area contributed by atoms with E-state index < -0.39 is 0 Å². The van der Waals surface area contributed by atoms with Crippen molar-refractivity contribution in [3.8, 4) is 0 Å². The maximum atomic E-state index is 9.87. The summed E-state index contributed by atoms with van der Waals surface area (Å²) in [4.78, 5) is 0. The molecule has 1 saturated heterocycles. The lowest BCUT2D eigenvalue weighted by Crippen LogP contribution is -2.45. The quantitative estimate of drug-likeness (QED) is 0.637. The molecule has 2 aliphatic rings. The Bertz CT molecular complexity index is 183. The molecule has 3 nitrogen and oxygen atoms in total. The smallest absolute Gasteiger partial charge is 0.0946 e. The average molecular weight is 186 g/mol. The molecule has 13 heavy (non-hydrogen) atoms. The van der Waals surface area contributed by atoms with Crippen molar-refractivity contribution in [2.45, 2.75) is 56.3 Å². The average Bonchev–Trinajstić information content (AvgIpc) is 2.56. The Hall–Kier alpha value is -0.120. The summed E-state index contributed by atoms with van der Waals surface area (Å²) >= 11 is 0. The van der Waals surface area contributed by atoms with Crippen LogP contribution in [0.1, 0.15) is 38.5 Å². The van der Waals surface area contributed by atoms with Gasteiger partial charge in [0.2, 0.25) is 0 Å². The number of aliphatic hydroxyl groups is 2. The van der Waals surface area contributed by atoms with Gasteiger partial charge in [-0.3, -0.25) is 0 Å². The van der Waals surface area contributed by atoms with Gasteiger partial charge in [-0.2, -0.15) is 0 Å². The first kappa shape index (κ1) is 9.44. The topological polar surface area (TPSA) is 49.7 Å². The molecule has 1 saturated carbocycles. The molecule has 1 aliphatic carbocycles. The van der Waals surface area contributed by atoms with E-state index in [1.807, 2.05) is 0 Å². The molecule has 1 heterocycles. The van der Waals surface area contributed by atoms with Crippen LogP contribution in [-0.4, -0.2) is 34.6 Å². The van der Waals surface area contributed by atoms with Gasteiger partial charge in [0.15, 0.2) is 0 Å². The maximum absolute atomic E-state index is 9.87. The molecule has 0 aromatic carbocycles. The monoisotopic (exact) mass is 186 g/mol. The van der Waals surface area contributed by atoms with Gasteiger partial charge in [0, 0.05) is 0 Å². The predicted molar refractivity (Wildman–Crippen MR) is 48.4 cm³/mol. The molecule has 3 heteroatoms. The molecule has 0 bridgehead atoms. The fraction of sp³-hybridized carbons (Fsp3) is 1.00. The lowest BCUT2D eigenvalue weighted by molar-refractivity contribution is -0.142. The minimum Gasteiger partial charge on any atom is -0.394 e. The highest BCUT2D eigenvalue weighted by atomic mass is 16.5. The van der Waals surface area contributed by atoms with Crippen molar-refractivity contribution >= 4 is 0 Å². The highest BCUT2D eigenvalue weighted by Gasteiger charge is 2.46. The van der Waals surface area contributed by atoms with E-state index in [1.165, 1.54) is 0 Å². The third kappa shape index (κ3) is 1.60. The van der Waals surface area contributed by atoms with Gasteiger partial charge < -0.3 is 14.9 Å². The molecular formula is C10H18O3. The van der Waals surface area contributed by atoms with Crippen LogP contribution in [0.4, 0.5) is 0 Å². The van der Waals surface area contributed by atoms with E-state index in [2.05, 4.69) is 0 Å². The summed E-state index contributed by atoms with van der Waals surface area (Å²) < 4.78 is 5.75. The molecule has 1 aliphatic heterocycles. The number of hydrogen-bond donors (Lipinski definition) is 2. The lowest BCUT2D eigenvalue weighted by atomic mass is 9.80. The van der Waals surface area contributed by atoms with E-state index in [0.29, 0.717) is 0 Å². The second-order valence-electron chi connectivity index (χ2n) is 4.29. The molecular weight excluding hydrogens is 168 g/mol. The van der Waals surface area contributed by atoms with Crippen LogP contribution in [-0.2, 0) is 4.74 Å². The molecule has 0 amide bonds. The predicted octanol–water partition coefficient (Wildman–Crippen LogP) is 0.831. The number of hydrogen-bond acceptors (Lipinski definition) is 3. The van der Waals surface area contributed by atoms with Crippen LogP contribution in [0.15, 0.2) is 0 Å². The van der Waals surface area contributed by atoms with Crippen molar-refractivity contribution in [2.75, 3.05) is 6.61 Å². The van der Waals surface area contributed by atoms with Crippen molar-refractivity contribution in [2.24, 2.45) is 0 Å². The van der Waals surface area contributed by atoms with Crippen LogP contribution in [0.2, 0.25) is 0 Å². The second-order valence-corrected chi connectivity index (χ2v) is 4.29. The fourth-order valence-corrected chi connectivity index (χ4v) is 2.60. The Labute approximate surface area is 78.7 Å². The molecule has 2 rings (SSSR count). The lowest BCUT2D eigenvalue weighted by Gasteiger charge is -2.37. The van der Waals surface area contributed by atoms with Crippen molar-refractivity contribution in [1.82, 2.24) is 0 Å². The minimum atomic E-state index is -0.308. The SMILES string of the molecule is OCC1CCC2(CCCCC2O)O1. The molecule has 0 aromatic rings. The molecule has 3 atom stereocenters. The Morgan fingerprint density at radius 1 is 1.23 bits per heavy atom. The van der Waals surface area contributed by atoms with Gasteiger partial charge in [-0.1, -0.05) is 12.8 Å². The van der Waals surface area contributed by atoms with Crippen molar-refractivity contribution in [3.05, 3.63) is 0 Å². The summed E-state index contributed by atoms with van der Waals surface area (Å²) in [5.41, 5.74) is -0.300. The second kappa shape index (κ2) is 3.56. The Morgan fingerprint density at radius 3 is 2.69 bits per heavy atom. The van der Waals surface area contributed by atoms with E-state index in [9.17, 15) is 5.11 Å². The molecule has 3 unspecified atom stereocenters. The molecule has 1 spiro atoms. The Morgan fingerprint density at radius 2 is 2.08 bits per heavy atom. The zero-order valence-corrected chi connectivity index (χ0v) is 7.91. The van der Waals surface area contributed by atoms with Crippen LogP contribution < -0.4 is 0 Å². The number of rotatable bonds is 1. The minimum absolute atomic E-state index is 0.0345. The Kier molecular flexibility index (Phi) is 2.58. The fourth-order valence-electron chi connectivity index (χ4n) is 2.60. The zero-order valence-electron chi connectivity index (χ0n) is 7.91. The molecule has 2 N–H and O–H groups in total. The van der Waals surface area contributed by atoms with Gasteiger partial charge in [-0.15, -0.1) is 0 Å². The molecule has 0 aromatic heterocycles. The first-order valence-corrected chi connectivity index (χ1v) is 5.23. The van der Waals surface area contributed by atoms with E-state index in [1.54, 1.807) is 0 Å². The van der Waals surface area contributed by atoms with Gasteiger partial charge in [0.25, 0.3) is 0 Å². The first-order valence-electron chi connectivity index (χ1n) is 5.23. The van der Waals surface area contributed by atoms with Crippen molar-refractivity contribution in [1.29, 1.82) is 0 Å². The van der Waals surface area contributed by atoms with Crippen molar-refractivity contribution < 1.29 is 14.9 Å². The third-order valence-electron chi connectivity index (χ3n) is 3.43. The highest BCUT2D eigenvalue weighted by molar-refractivity contribution is 4.96. The van der Waals surface area contributed by atoms with Crippen molar-refractivity contribution in [3.63, 3.8) is 0 Å². The number of aliphatic hydroxyl groups excluding tert-OH is 2.